The molecule has 0 saturated carbocycles. The Morgan fingerprint density at radius 2 is 2.00 bits per heavy atom. The number of sulfonamides is 1. The summed E-state index contributed by atoms with van der Waals surface area (Å²) in [5.41, 5.74) is 6.70. The number of thioether (sulfide) groups is 1. The summed E-state index contributed by atoms with van der Waals surface area (Å²) in [6, 6.07) is 3.08. The third-order valence-electron chi connectivity index (χ3n) is 3.71. The van der Waals surface area contributed by atoms with E-state index >= 15 is 0 Å². The van der Waals surface area contributed by atoms with Crippen LogP contribution in [0, 0.1) is 6.92 Å². The Bertz CT molecular complexity index is 645. The number of hydrogen-bond donors (Lipinski definition) is 1. The smallest absolute Gasteiger partial charge is 0.243 e. The van der Waals surface area contributed by atoms with Gasteiger partial charge in [0.1, 0.15) is 0 Å². The summed E-state index contributed by atoms with van der Waals surface area (Å²) in [5.74, 6) is 0.800. The van der Waals surface area contributed by atoms with Crippen LogP contribution in [0.1, 0.15) is 25.8 Å². The van der Waals surface area contributed by atoms with Crippen LogP contribution in [0.25, 0.3) is 0 Å². The molecule has 2 rings (SSSR count). The van der Waals surface area contributed by atoms with Crippen molar-refractivity contribution in [1.29, 1.82) is 0 Å². The van der Waals surface area contributed by atoms with Gasteiger partial charge in [-0.2, -0.15) is 16.1 Å². The lowest BCUT2D eigenvalue weighted by molar-refractivity contribution is 0.415. The van der Waals surface area contributed by atoms with Crippen LogP contribution >= 0.6 is 23.4 Å². The van der Waals surface area contributed by atoms with Crippen molar-refractivity contribution >= 4 is 39.1 Å². The Hall–Kier alpha value is -0.430. The highest BCUT2D eigenvalue weighted by Gasteiger charge is 2.31. The fraction of sp³-hybridized carbons (Fsp3) is 0.571. The predicted molar refractivity (Wildman–Crippen MR) is 90.5 cm³/mol. The number of hydrogen-bond acceptors (Lipinski definition) is 4. The summed E-state index contributed by atoms with van der Waals surface area (Å²) in [7, 11) is -3.52. The van der Waals surface area contributed by atoms with E-state index in [0.717, 1.165) is 12.2 Å². The molecule has 1 aliphatic rings. The maximum Gasteiger partial charge on any atom is 0.243 e. The van der Waals surface area contributed by atoms with Gasteiger partial charge in [-0.1, -0.05) is 25.4 Å². The summed E-state index contributed by atoms with van der Waals surface area (Å²) >= 11 is 7.76. The SMILES string of the molecule is Cc1cc(Cl)c(N)cc1S(=O)(=O)N1CCSC(C)(C)CC1. The Morgan fingerprint density at radius 1 is 1.33 bits per heavy atom. The van der Waals surface area contributed by atoms with Crippen molar-refractivity contribution < 1.29 is 8.42 Å². The first-order valence-electron chi connectivity index (χ1n) is 6.83. The molecule has 0 unspecified atom stereocenters. The maximum absolute atomic E-state index is 12.9. The molecule has 0 atom stereocenters. The highest BCUT2D eigenvalue weighted by atomic mass is 35.5. The topological polar surface area (TPSA) is 63.4 Å². The third kappa shape index (κ3) is 3.67. The molecule has 0 amide bonds. The van der Waals surface area contributed by atoms with Crippen LogP contribution in [-0.2, 0) is 10.0 Å². The fourth-order valence-electron chi connectivity index (χ4n) is 2.33. The lowest BCUT2D eigenvalue weighted by Crippen LogP contribution is -2.34. The molecule has 1 aromatic rings. The molecule has 0 bridgehead atoms. The Kier molecular flexibility index (Phi) is 4.83. The van der Waals surface area contributed by atoms with E-state index in [4.69, 9.17) is 17.3 Å². The molecule has 118 valence electrons. The summed E-state index contributed by atoms with van der Waals surface area (Å²) in [5, 5.41) is 0.388. The molecule has 1 fully saturated rings. The van der Waals surface area contributed by atoms with Crippen LogP contribution in [0.3, 0.4) is 0 Å². The first kappa shape index (κ1) is 16.9. The molecular formula is C14H21ClN2O2S2. The van der Waals surface area contributed by atoms with Gasteiger partial charge in [-0.3, -0.25) is 0 Å². The van der Waals surface area contributed by atoms with Crippen molar-refractivity contribution in [3.05, 3.63) is 22.7 Å². The molecule has 1 aliphatic heterocycles. The van der Waals surface area contributed by atoms with Gasteiger partial charge in [0.25, 0.3) is 0 Å². The van der Waals surface area contributed by atoms with E-state index in [1.54, 1.807) is 17.3 Å². The Balaban J connectivity index is 2.36. The molecule has 7 heteroatoms. The zero-order valence-electron chi connectivity index (χ0n) is 12.5. The highest BCUT2D eigenvalue weighted by molar-refractivity contribution is 8.00. The number of anilines is 1. The molecule has 2 N–H and O–H groups in total. The van der Waals surface area contributed by atoms with Crippen molar-refractivity contribution in [2.75, 3.05) is 24.6 Å². The first-order chi connectivity index (χ1) is 9.63. The molecular weight excluding hydrogens is 328 g/mol. The second-order valence-corrected chi connectivity index (χ2v) is 10.0. The molecule has 0 aliphatic carbocycles. The quantitative estimate of drug-likeness (QED) is 0.834. The number of halogens is 1. The fourth-order valence-corrected chi connectivity index (χ4v) is 5.44. The van der Waals surface area contributed by atoms with Crippen molar-refractivity contribution in [3.8, 4) is 0 Å². The van der Waals surface area contributed by atoms with Gasteiger partial charge in [0, 0.05) is 23.6 Å². The van der Waals surface area contributed by atoms with Gasteiger partial charge in [-0.15, -0.1) is 0 Å². The van der Waals surface area contributed by atoms with Crippen LogP contribution in [0.5, 0.6) is 0 Å². The minimum atomic E-state index is -3.52. The predicted octanol–water partition coefficient (Wildman–Crippen LogP) is 3.14. The number of aryl methyl sites for hydroxylation is 1. The van der Waals surface area contributed by atoms with Crippen molar-refractivity contribution in [2.45, 2.75) is 36.8 Å². The largest absolute Gasteiger partial charge is 0.397 e. The third-order valence-corrected chi connectivity index (χ3v) is 7.45. The van der Waals surface area contributed by atoms with Gasteiger partial charge >= 0.3 is 0 Å². The second-order valence-electron chi connectivity index (χ2n) is 5.90. The Labute approximate surface area is 136 Å². The van der Waals surface area contributed by atoms with Crippen molar-refractivity contribution in [1.82, 2.24) is 4.31 Å². The lowest BCUT2D eigenvalue weighted by atomic mass is 10.1. The summed E-state index contributed by atoms with van der Waals surface area (Å²) in [6.07, 6.45) is 0.832. The summed E-state index contributed by atoms with van der Waals surface area (Å²) in [6.45, 7) is 7.11. The maximum atomic E-state index is 12.9. The highest BCUT2D eigenvalue weighted by Crippen LogP contribution is 2.34. The molecule has 0 spiro atoms. The van der Waals surface area contributed by atoms with Gasteiger partial charge in [0.2, 0.25) is 10.0 Å². The normalized spacial score (nSPS) is 20.2. The van der Waals surface area contributed by atoms with Crippen LogP contribution in [0.15, 0.2) is 17.0 Å². The standard InChI is InChI=1S/C14H21ClN2O2S2/c1-10-8-11(15)12(16)9-13(10)21(18,19)17-5-4-14(2,3)20-7-6-17/h8-9H,4-7,16H2,1-3H3. The number of benzene rings is 1. The second kappa shape index (κ2) is 5.99. The zero-order chi connectivity index (χ0) is 15.8. The minimum Gasteiger partial charge on any atom is -0.397 e. The van der Waals surface area contributed by atoms with E-state index < -0.39 is 10.0 Å². The van der Waals surface area contributed by atoms with Gasteiger partial charge in [-0.25, -0.2) is 8.42 Å². The zero-order valence-corrected chi connectivity index (χ0v) is 14.9. The van der Waals surface area contributed by atoms with Crippen LogP contribution in [0.2, 0.25) is 5.02 Å². The Morgan fingerprint density at radius 3 is 2.67 bits per heavy atom. The molecule has 21 heavy (non-hydrogen) atoms. The number of nitrogens with two attached hydrogens (primary N) is 1. The van der Waals surface area contributed by atoms with E-state index in [9.17, 15) is 8.42 Å². The monoisotopic (exact) mass is 348 g/mol. The minimum absolute atomic E-state index is 0.109. The molecule has 1 saturated heterocycles. The van der Waals surface area contributed by atoms with Gasteiger partial charge in [0.05, 0.1) is 15.6 Å². The first-order valence-corrected chi connectivity index (χ1v) is 9.63. The summed E-state index contributed by atoms with van der Waals surface area (Å²) < 4.78 is 27.4. The van der Waals surface area contributed by atoms with Crippen molar-refractivity contribution in [3.63, 3.8) is 0 Å². The average Bonchev–Trinajstić information content (AvgIpc) is 2.55. The van der Waals surface area contributed by atoms with E-state index in [1.165, 1.54) is 6.07 Å². The lowest BCUT2D eigenvalue weighted by Gasteiger charge is -2.23. The van der Waals surface area contributed by atoms with E-state index in [0.29, 0.717) is 29.4 Å². The van der Waals surface area contributed by atoms with Gasteiger partial charge < -0.3 is 5.73 Å². The molecule has 0 radical (unpaired) electrons. The van der Waals surface area contributed by atoms with Crippen molar-refractivity contribution in [2.24, 2.45) is 0 Å². The van der Waals surface area contributed by atoms with Crippen LogP contribution < -0.4 is 5.73 Å². The molecule has 1 heterocycles. The number of nitrogens with zero attached hydrogens (tertiary/aromatic N) is 1. The number of nitrogen functional groups attached to an aromatic ring is 1. The molecule has 4 nitrogen and oxygen atoms in total. The van der Waals surface area contributed by atoms with E-state index in [2.05, 4.69) is 13.8 Å². The molecule has 0 aromatic heterocycles. The average molecular weight is 349 g/mol. The molecule has 1 aromatic carbocycles. The van der Waals surface area contributed by atoms with Gasteiger partial charge in [0.15, 0.2) is 0 Å². The van der Waals surface area contributed by atoms with Crippen LogP contribution in [0.4, 0.5) is 5.69 Å². The van der Waals surface area contributed by atoms with Gasteiger partial charge in [-0.05, 0) is 31.0 Å². The number of rotatable bonds is 2. The van der Waals surface area contributed by atoms with E-state index in [-0.39, 0.29) is 9.64 Å². The van der Waals surface area contributed by atoms with Crippen LogP contribution in [-0.4, -0.2) is 36.3 Å². The van der Waals surface area contributed by atoms with E-state index in [1.807, 2.05) is 11.8 Å². The summed E-state index contributed by atoms with van der Waals surface area (Å²) in [4.78, 5) is 0.258.